The molecule has 4 rings (SSSR count). The van der Waals surface area contributed by atoms with E-state index in [1.807, 2.05) is 35.4 Å². The van der Waals surface area contributed by atoms with Crippen LogP contribution in [0.2, 0.25) is 0 Å². The van der Waals surface area contributed by atoms with Gasteiger partial charge in [0.05, 0.1) is 7.11 Å². The van der Waals surface area contributed by atoms with E-state index >= 15 is 0 Å². The molecule has 0 unspecified atom stereocenters. The fourth-order valence-corrected chi connectivity index (χ4v) is 3.69. The van der Waals surface area contributed by atoms with Crippen molar-refractivity contribution >= 4 is 5.91 Å². The quantitative estimate of drug-likeness (QED) is 0.700. The molecule has 1 atom stereocenters. The van der Waals surface area contributed by atoms with E-state index in [-0.39, 0.29) is 11.9 Å². The maximum Gasteiger partial charge on any atom is 0.254 e. The molecule has 0 aliphatic carbocycles. The summed E-state index contributed by atoms with van der Waals surface area (Å²) in [6.07, 6.45) is 9.69. The van der Waals surface area contributed by atoms with Crippen molar-refractivity contribution in [2.45, 2.75) is 25.3 Å². The van der Waals surface area contributed by atoms with Crippen LogP contribution < -0.4 is 4.74 Å². The van der Waals surface area contributed by atoms with Crippen LogP contribution in [0.4, 0.5) is 0 Å². The predicted molar refractivity (Wildman–Crippen MR) is 102 cm³/mol. The zero-order valence-corrected chi connectivity index (χ0v) is 15.3. The lowest BCUT2D eigenvalue weighted by atomic mass is 10.0. The molecule has 0 radical (unpaired) electrons. The van der Waals surface area contributed by atoms with Crippen LogP contribution in [-0.4, -0.2) is 45.0 Å². The maximum absolute atomic E-state index is 13.2. The van der Waals surface area contributed by atoms with E-state index in [1.54, 1.807) is 36.5 Å². The molecule has 3 heterocycles. The van der Waals surface area contributed by atoms with Crippen molar-refractivity contribution < 1.29 is 9.53 Å². The molecule has 0 saturated carbocycles. The number of methoxy groups -OCH3 is 1. The second-order valence-corrected chi connectivity index (χ2v) is 6.68. The first-order valence-corrected chi connectivity index (χ1v) is 9.13. The number of carbonyl (C=O) groups excluding carboxylic acids is 1. The average Bonchev–Trinajstić information content (AvgIpc) is 3.40. The van der Waals surface area contributed by atoms with E-state index in [2.05, 4.69) is 16.0 Å². The minimum absolute atomic E-state index is 0.0520. The van der Waals surface area contributed by atoms with Gasteiger partial charge in [0.1, 0.15) is 17.9 Å². The van der Waals surface area contributed by atoms with Crippen LogP contribution in [0.15, 0.2) is 61.3 Å². The highest BCUT2D eigenvalue weighted by atomic mass is 16.5. The third-order valence-corrected chi connectivity index (χ3v) is 5.05. The molecule has 0 spiro atoms. The molecule has 6 heteroatoms. The van der Waals surface area contributed by atoms with Crippen LogP contribution in [0.3, 0.4) is 0 Å². The van der Waals surface area contributed by atoms with E-state index in [0.29, 0.717) is 11.4 Å². The minimum atomic E-state index is 0.0520. The van der Waals surface area contributed by atoms with Gasteiger partial charge in [-0.3, -0.25) is 9.36 Å². The van der Waals surface area contributed by atoms with Gasteiger partial charge >= 0.3 is 0 Å². The number of ether oxygens (including phenoxy) is 1. The number of carbonyl (C=O) groups is 1. The lowest BCUT2D eigenvalue weighted by Gasteiger charge is -2.25. The molecule has 1 aromatic carbocycles. The number of hydrogen-bond donors (Lipinski definition) is 0. The van der Waals surface area contributed by atoms with Gasteiger partial charge in [0.25, 0.3) is 5.91 Å². The van der Waals surface area contributed by atoms with Crippen molar-refractivity contribution in [1.82, 2.24) is 19.4 Å². The topological polar surface area (TPSA) is 60.2 Å². The number of para-hydroxylation sites is 1. The zero-order chi connectivity index (χ0) is 18.6. The fourth-order valence-electron chi connectivity index (χ4n) is 3.69. The number of aromatic nitrogens is 3. The highest BCUT2D eigenvalue weighted by molar-refractivity contribution is 5.95. The lowest BCUT2D eigenvalue weighted by Crippen LogP contribution is -2.37. The van der Waals surface area contributed by atoms with Gasteiger partial charge in [-0.25, -0.2) is 9.97 Å². The minimum Gasteiger partial charge on any atom is -0.496 e. The number of nitrogens with zero attached hydrogens (tertiary/aromatic N) is 4. The number of rotatable bonds is 5. The van der Waals surface area contributed by atoms with Crippen molar-refractivity contribution in [2.75, 3.05) is 13.7 Å². The van der Waals surface area contributed by atoms with E-state index in [9.17, 15) is 4.79 Å². The second kappa shape index (κ2) is 7.61. The van der Waals surface area contributed by atoms with Crippen molar-refractivity contribution in [3.63, 3.8) is 0 Å². The van der Waals surface area contributed by atoms with E-state index in [0.717, 1.165) is 37.1 Å². The molecule has 0 N–H and O–H groups in total. The largest absolute Gasteiger partial charge is 0.496 e. The van der Waals surface area contributed by atoms with E-state index < -0.39 is 0 Å². The summed E-state index contributed by atoms with van der Waals surface area (Å²) < 4.78 is 7.27. The molecule has 2 aromatic heterocycles. The molecule has 1 aliphatic rings. The number of benzene rings is 1. The van der Waals surface area contributed by atoms with Crippen LogP contribution in [0.1, 0.15) is 28.8 Å². The van der Waals surface area contributed by atoms with Crippen LogP contribution in [-0.2, 0) is 6.42 Å². The Bertz CT molecular complexity index is 923. The van der Waals surface area contributed by atoms with Crippen molar-refractivity contribution in [3.8, 4) is 11.6 Å². The van der Waals surface area contributed by atoms with Crippen LogP contribution in [0, 0.1) is 0 Å². The Morgan fingerprint density at radius 2 is 2.15 bits per heavy atom. The smallest absolute Gasteiger partial charge is 0.254 e. The molecule has 1 fully saturated rings. The summed E-state index contributed by atoms with van der Waals surface area (Å²) in [5.74, 6) is 1.62. The summed E-state index contributed by atoms with van der Waals surface area (Å²) in [7, 11) is 1.69. The van der Waals surface area contributed by atoms with Gasteiger partial charge in [-0.05, 0) is 43.0 Å². The molecule has 0 bridgehead atoms. The van der Waals surface area contributed by atoms with Gasteiger partial charge in [0, 0.05) is 36.7 Å². The van der Waals surface area contributed by atoms with E-state index in [1.165, 1.54) is 0 Å². The van der Waals surface area contributed by atoms with Crippen LogP contribution in [0.25, 0.3) is 5.82 Å². The third-order valence-electron chi connectivity index (χ3n) is 5.05. The Labute approximate surface area is 158 Å². The molecule has 1 saturated heterocycles. The van der Waals surface area contributed by atoms with Gasteiger partial charge in [0.2, 0.25) is 0 Å². The predicted octanol–water partition coefficient (Wildman–Crippen LogP) is 3.12. The highest BCUT2D eigenvalue weighted by Crippen LogP contribution is 2.27. The Hall–Kier alpha value is -3.15. The Balaban J connectivity index is 1.55. The molecule has 1 aliphatic heterocycles. The number of hydrogen-bond acceptors (Lipinski definition) is 4. The summed E-state index contributed by atoms with van der Waals surface area (Å²) in [6.45, 7) is 0.779. The maximum atomic E-state index is 13.2. The Kier molecular flexibility index (Phi) is 4.87. The van der Waals surface area contributed by atoms with Crippen molar-refractivity contribution in [3.05, 3.63) is 72.4 Å². The molecule has 1 amide bonds. The molecular formula is C21H22N4O2. The first-order chi connectivity index (χ1) is 13.3. The van der Waals surface area contributed by atoms with Crippen molar-refractivity contribution in [2.24, 2.45) is 0 Å². The van der Waals surface area contributed by atoms with Gasteiger partial charge in [-0.2, -0.15) is 0 Å². The van der Waals surface area contributed by atoms with Gasteiger partial charge in [-0.1, -0.05) is 18.2 Å². The molecular weight excluding hydrogens is 340 g/mol. The standard InChI is InChI=1S/C21H22N4O2/c1-27-19-7-3-2-5-16(19)13-18-6-4-11-25(18)21(26)17-8-9-23-20(14-17)24-12-10-22-15-24/h2-3,5,7-10,12,14-15,18H,4,6,11,13H2,1H3/t18-/m1/s1. The van der Waals surface area contributed by atoms with Crippen LogP contribution in [0.5, 0.6) is 5.75 Å². The normalized spacial score (nSPS) is 16.5. The third kappa shape index (κ3) is 3.56. The second-order valence-electron chi connectivity index (χ2n) is 6.68. The SMILES string of the molecule is COc1ccccc1C[C@H]1CCCN1C(=O)c1ccnc(-n2ccnc2)c1. The average molecular weight is 362 g/mol. The Morgan fingerprint density at radius 3 is 2.96 bits per heavy atom. The van der Waals surface area contributed by atoms with Crippen molar-refractivity contribution in [1.29, 1.82) is 0 Å². The first-order valence-electron chi connectivity index (χ1n) is 9.13. The molecule has 27 heavy (non-hydrogen) atoms. The number of pyridine rings is 1. The monoisotopic (exact) mass is 362 g/mol. The molecule has 3 aromatic rings. The van der Waals surface area contributed by atoms with Crippen LogP contribution >= 0.6 is 0 Å². The fraction of sp³-hybridized carbons (Fsp3) is 0.286. The summed E-state index contributed by atoms with van der Waals surface area (Å²) >= 11 is 0. The summed E-state index contributed by atoms with van der Waals surface area (Å²) in [6, 6.07) is 11.8. The zero-order valence-electron chi connectivity index (χ0n) is 15.3. The lowest BCUT2D eigenvalue weighted by molar-refractivity contribution is 0.0736. The molecule has 138 valence electrons. The number of imidazole rings is 1. The number of amides is 1. The van der Waals surface area contributed by atoms with Gasteiger partial charge < -0.3 is 9.64 Å². The summed E-state index contributed by atoms with van der Waals surface area (Å²) in [4.78, 5) is 23.5. The first kappa shape index (κ1) is 17.3. The molecule has 6 nitrogen and oxygen atoms in total. The summed E-state index contributed by atoms with van der Waals surface area (Å²) in [5.41, 5.74) is 1.79. The number of likely N-dealkylation sites (tertiary alicyclic amines) is 1. The van der Waals surface area contributed by atoms with E-state index in [4.69, 9.17) is 4.74 Å². The van der Waals surface area contributed by atoms with Gasteiger partial charge in [0.15, 0.2) is 0 Å². The summed E-state index contributed by atoms with van der Waals surface area (Å²) in [5, 5.41) is 0. The Morgan fingerprint density at radius 1 is 1.26 bits per heavy atom. The highest BCUT2D eigenvalue weighted by Gasteiger charge is 2.30. The van der Waals surface area contributed by atoms with Gasteiger partial charge in [-0.15, -0.1) is 0 Å².